The van der Waals surface area contributed by atoms with Crippen molar-refractivity contribution >= 4 is 29.3 Å². The van der Waals surface area contributed by atoms with Crippen molar-refractivity contribution in [3.63, 3.8) is 0 Å². The summed E-state index contributed by atoms with van der Waals surface area (Å²) in [6.45, 7) is 10.2. The highest BCUT2D eigenvalue weighted by Gasteiger charge is 2.25. The second kappa shape index (κ2) is 11.3. The predicted molar refractivity (Wildman–Crippen MR) is 137 cm³/mol. The Bertz CT molecular complexity index is 1160. The number of nitrogens with one attached hydrogen (secondary N) is 2. The molecule has 0 aliphatic carbocycles. The van der Waals surface area contributed by atoms with Gasteiger partial charge in [0.1, 0.15) is 0 Å². The fraction of sp³-hybridized carbons (Fsp3) is 0.385. The molecule has 7 nitrogen and oxygen atoms in total. The molecule has 1 heterocycles. The maximum atomic E-state index is 12.8. The number of rotatable bonds is 9. The zero-order valence-corrected chi connectivity index (χ0v) is 21.4. The minimum absolute atomic E-state index is 0.101. The van der Waals surface area contributed by atoms with E-state index in [4.69, 9.17) is 0 Å². The Kier molecular flexibility index (Phi) is 8.50. The van der Waals surface area contributed by atoms with Gasteiger partial charge in [-0.05, 0) is 42.5 Å². The van der Waals surface area contributed by atoms with E-state index in [0.717, 1.165) is 16.8 Å². The van der Waals surface area contributed by atoms with Gasteiger partial charge in [-0.15, -0.1) is 10.2 Å². The molecule has 34 heavy (non-hydrogen) atoms. The highest BCUT2D eigenvalue weighted by molar-refractivity contribution is 7.99. The summed E-state index contributed by atoms with van der Waals surface area (Å²) in [5.41, 5.74) is 3.58. The summed E-state index contributed by atoms with van der Waals surface area (Å²) in [6.07, 6.45) is 0. The number of hydrogen-bond acceptors (Lipinski definition) is 5. The van der Waals surface area contributed by atoms with E-state index in [1.807, 2.05) is 74.9 Å². The van der Waals surface area contributed by atoms with Crippen LogP contribution in [0.2, 0.25) is 0 Å². The maximum absolute atomic E-state index is 12.8. The zero-order chi connectivity index (χ0) is 24.8. The smallest absolute Gasteiger partial charge is 0.251 e. The number of carbonyl (C=O) groups is 2. The Morgan fingerprint density at radius 3 is 2.44 bits per heavy atom. The van der Waals surface area contributed by atoms with Crippen LogP contribution in [0, 0.1) is 12.8 Å². The summed E-state index contributed by atoms with van der Waals surface area (Å²) in [5, 5.41) is 15.3. The molecule has 0 saturated carbocycles. The third-order valence-electron chi connectivity index (χ3n) is 5.57. The Morgan fingerprint density at radius 2 is 1.76 bits per heavy atom. The molecule has 0 aliphatic heterocycles. The van der Waals surface area contributed by atoms with Gasteiger partial charge < -0.3 is 15.2 Å². The summed E-state index contributed by atoms with van der Waals surface area (Å²) < 4.78 is 1.85. The Hall–Kier alpha value is -3.13. The number of carbonyl (C=O) groups excluding carboxylic acids is 2. The number of aryl methyl sites for hydroxylation is 1. The van der Waals surface area contributed by atoms with Gasteiger partial charge in [0.2, 0.25) is 5.91 Å². The summed E-state index contributed by atoms with van der Waals surface area (Å²) in [4.78, 5) is 25.4. The summed E-state index contributed by atoms with van der Waals surface area (Å²) >= 11 is 1.32. The molecule has 3 aromatic rings. The van der Waals surface area contributed by atoms with E-state index < -0.39 is 0 Å². The van der Waals surface area contributed by atoms with E-state index in [0.29, 0.717) is 22.5 Å². The Balaban J connectivity index is 1.68. The lowest BCUT2D eigenvalue weighted by molar-refractivity contribution is -0.113. The molecule has 3 rings (SSSR count). The molecule has 180 valence electrons. The van der Waals surface area contributed by atoms with Crippen LogP contribution < -0.4 is 10.6 Å². The Labute approximate surface area is 205 Å². The lowest BCUT2D eigenvalue weighted by Crippen LogP contribution is -2.33. The van der Waals surface area contributed by atoms with E-state index in [1.54, 1.807) is 6.07 Å². The number of nitrogens with zero attached hydrogens (tertiary/aromatic N) is 3. The van der Waals surface area contributed by atoms with Gasteiger partial charge in [-0.3, -0.25) is 9.59 Å². The first kappa shape index (κ1) is 25.5. The van der Waals surface area contributed by atoms with Gasteiger partial charge in [0, 0.05) is 18.3 Å². The van der Waals surface area contributed by atoms with Gasteiger partial charge in [0.25, 0.3) is 5.91 Å². The van der Waals surface area contributed by atoms with Crippen molar-refractivity contribution in [2.45, 2.75) is 51.7 Å². The molecule has 1 aromatic heterocycles. The minimum Gasteiger partial charge on any atom is -0.342 e. The summed E-state index contributed by atoms with van der Waals surface area (Å²) in [7, 11) is 1.86. The van der Waals surface area contributed by atoms with Crippen LogP contribution in [0.3, 0.4) is 0 Å². The Morgan fingerprint density at radius 1 is 1.03 bits per heavy atom. The van der Waals surface area contributed by atoms with Crippen LogP contribution in [0.15, 0.2) is 53.7 Å². The zero-order valence-electron chi connectivity index (χ0n) is 20.6. The number of para-hydroxylation sites is 1. The van der Waals surface area contributed by atoms with E-state index in [2.05, 4.69) is 34.7 Å². The summed E-state index contributed by atoms with van der Waals surface area (Å²) in [5.74, 6) is 1.03. The van der Waals surface area contributed by atoms with Crippen molar-refractivity contribution in [3.05, 3.63) is 71.0 Å². The molecule has 2 amide bonds. The van der Waals surface area contributed by atoms with Crippen molar-refractivity contribution in [2.24, 2.45) is 13.0 Å². The molecule has 2 N–H and O–H groups in total. The van der Waals surface area contributed by atoms with Gasteiger partial charge >= 0.3 is 0 Å². The second-order valence-corrected chi connectivity index (χ2v) is 9.99. The number of thioether (sulfide) groups is 1. The number of benzene rings is 2. The molecule has 0 aliphatic rings. The van der Waals surface area contributed by atoms with Gasteiger partial charge in [-0.25, -0.2) is 0 Å². The van der Waals surface area contributed by atoms with Crippen molar-refractivity contribution in [1.82, 2.24) is 20.1 Å². The average Bonchev–Trinajstić information content (AvgIpc) is 3.15. The van der Waals surface area contributed by atoms with Crippen LogP contribution in [0.4, 0.5) is 5.69 Å². The number of anilines is 1. The standard InChI is InChI=1S/C26H33N5O2S/c1-16(2)20-12-7-8-13-21(20)27-22(32)15-34-26-30-29-24(31(26)6)23(17(3)4)28-25(33)19-11-9-10-18(5)14-19/h7-14,16-17,23H,15H2,1-6H3,(H,27,32)(H,28,33)/t23-/m0/s1. The fourth-order valence-electron chi connectivity index (χ4n) is 3.69. The molecule has 2 aromatic carbocycles. The highest BCUT2D eigenvalue weighted by Crippen LogP contribution is 2.26. The monoisotopic (exact) mass is 479 g/mol. The molecule has 0 spiro atoms. The van der Waals surface area contributed by atoms with Gasteiger partial charge in [-0.1, -0.05) is 75.4 Å². The van der Waals surface area contributed by atoms with E-state index >= 15 is 0 Å². The maximum Gasteiger partial charge on any atom is 0.251 e. The first-order valence-electron chi connectivity index (χ1n) is 11.5. The van der Waals surface area contributed by atoms with Gasteiger partial charge in [-0.2, -0.15) is 0 Å². The van der Waals surface area contributed by atoms with Crippen molar-refractivity contribution in [1.29, 1.82) is 0 Å². The van der Waals surface area contributed by atoms with Crippen LogP contribution in [0.1, 0.15) is 67.0 Å². The predicted octanol–water partition coefficient (Wildman–Crippen LogP) is 5.10. The topological polar surface area (TPSA) is 88.9 Å². The fourth-order valence-corrected chi connectivity index (χ4v) is 4.41. The second-order valence-electron chi connectivity index (χ2n) is 9.04. The molecule has 8 heteroatoms. The molecule has 0 radical (unpaired) electrons. The van der Waals surface area contributed by atoms with E-state index in [-0.39, 0.29) is 29.5 Å². The normalized spacial score (nSPS) is 12.1. The average molecular weight is 480 g/mol. The van der Waals surface area contributed by atoms with E-state index in [9.17, 15) is 9.59 Å². The van der Waals surface area contributed by atoms with Crippen molar-refractivity contribution < 1.29 is 9.59 Å². The molecule has 0 saturated heterocycles. The largest absolute Gasteiger partial charge is 0.342 e. The van der Waals surface area contributed by atoms with Crippen molar-refractivity contribution in [3.8, 4) is 0 Å². The van der Waals surface area contributed by atoms with Crippen LogP contribution in [0.25, 0.3) is 0 Å². The molecular weight excluding hydrogens is 446 g/mol. The first-order chi connectivity index (χ1) is 16.2. The third-order valence-corrected chi connectivity index (χ3v) is 6.59. The molecule has 0 fully saturated rings. The molecular formula is C26H33N5O2S. The van der Waals surface area contributed by atoms with Crippen LogP contribution in [0.5, 0.6) is 0 Å². The third kappa shape index (κ3) is 6.26. The lowest BCUT2D eigenvalue weighted by atomic mass is 10.0. The van der Waals surface area contributed by atoms with Crippen LogP contribution in [-0.2, 0) is 11.8 Å². The minimum atomic E-state index is -0.313. The SMILES string of the molecule is Cc1cccc(C(=O)N[C@H](c2nnc(SCC(=O)Nc3ccccc3C(C)C)n2C)C(C)C)c1. The quantitative estimate of drug-likeness (QED) is 0.417. The highest BCUT2D eigenvalue weighted by atomic mass is 32.2. The molecule has 0 bridgehead atoms. The number of aromatic nitrogens is 3. The molecule has 0 unspecified atom stereocenters. The number of amides is 2. The lowest BCUT2D eigenvalue weighted by Gasteiger charge is -2.22. The first-order valence-corrected chi connectivity index (χ1v) is 12.4. The summed E-state index contributed by atoms with van der Waals surface area (Å²) in [6, 6.07) is 15.0. The van der Waals surface area contributed by atoms with E-state index in [1.165, 1.54) is 11.8 Å². The van der Waals surface area contributed by atoms with Crippen LogP contribution in [-0.4, -0.2) is 32.3 Å². The molecule has 1 atom stereocenters. The van der Waals surface area contributed by atoms with Crippen molar-refractivity contribution in [2.75, 3.05) is 11.1 Å². The van der Waals surface area contributed by atoms with Gasteiger partial charge in [0.15, 0.2) is 11.0 Å². The van der Waals surface area contributed by atoms with Gasteiger partial charge in [0.05, 0.1) is 11.8 Å². The van der Waals surface area contributed by atoms with Crippen LogP contribution >= 0.6 is 11.8 Å². The number of hydrogen-bond donors (Lipinski definition) is 2.